The summed E-state index contributed by atoms with van der Waals surface area (Å²) < 4.78 is 32.5. The van der Waals surface area contributed by atoms with E-state index in [-0.39, 0.29) is 0 Å². The summed E-state index contributed by atoms with van der Waals surface area (Å²) in [5.41, 5.74) is 0. The Morgan fingerprint density at radius 2 is 1.82 bits per heavy atom. The molecule has 0 aromatic carbocycles. The van der Waals surface area contributed by atoms with Gasteiger partial charge < -0.3 is 14.2 Å². The van der Waals surface area contributed by atoms with Gasteiger partial charge in [0.05, 0.1) is 6.10 Å². The maximum absolute atomic E-state index is 12.8. The van der Waals surface area contributed by atoms with Gasteiger partial charge in [-0.25, -0.2) is 4.39 Å². The Hall–Kier alpha value is 0.0400. The molecule has 0 spiro atoms. The number of rotatable bonds is 4. The number of hydrogen-bond acceptors (Lipinski definition) is 4. The van der Waals surface area contributed by atoms with Gasteiger partial charge in [-0.05, 0) is 6.92 Å². The van der Waals surface area contributed by atoms with E-state index < -0.39 is 19.6 Å². The third-order valence-electron chi connectivity index (χ3n) is 1.21. The molecule has 11 heavy (non-hydrogen) atoms. The molecule has 0 aliphatic carbocycles. The molecule has 0 rings (SSSR count). The van der Waals surface area contributed by atoms with Gasteiger partial charge in [-0.3, -0.25) is 4.57 Å². The minimum atomic E-state index is -3.74. The molecule has 0 aromatic rings. The van der Waals surface area contributed by atoms with Crippen molar-refractivity contribution in [2.75, 3.05) is 14.2 Å². The van der Waals surface area contributed by atoms with Gasteiger partial charge >= 0.3 is 7.60 Å². The second kappa shape index (κ2) is 4.16. The van der Waals surface area contributed by atoms with Crippen molar-refractivity contribution in [2.24, 2.45) is 0 Å². The first-order valence-corrected chi connectivity index (χ1v) is 4.62. The fourth-order valence-corrected chi connectivity index (χ4v) is 1.62. The fourth-order valence-electron chi connectivity index (χ4n) is 0.540. The van der Waals surface area contributed by atoms with Crippen LogP contribution in [0.2, 0.25) is 0 Å². The van der Waals surface area contributed by atoms with Gasteiger partial charge in [-0.1, -0.05) is 0 Å². The van der Waals surface area contributed by atoms with Crippen molar-refractivity contribution in [2.45, 2.75) is 18.9 Å². The van der Waals surface area contributed by atoms with Crippen LogP contribution in [-0.2, 0) is 13.6 Å². The van der Waals surface area contributed by atoms with Gasteiger partial charge in [0.2, 0.25) is 5.91 Å². The van der Waals surface area contributed by atoms with Gasteiger partial charge in [-0.15, -0.1) is 0 Å². The third-order valence-corrected chi connectivity index (χ3v) is 3.26. The Balaban J connectivity index is 4.38. The van der Waals surface area contributed by atoms with E-state index in [0.29, 0.717) is 0 Å². The SMILES string of the molecule is COP(=O)(OC)C(F)C(C)O. The van der Waals surface area contributed by atoms with Crippen LogP contribution in [0.5, 0.6) is 0 Å². The molecule has 0 bridgehead atoms. The summed E-state index contributed by atoms with van der Waals surface area (Å²) in [6.45, 7) is 1.18. The number of alkyl halides is 1. The highest BCUT2D eigenvalue weighted by Gasteiger charge is 2.37. The molecule has 0 aliphatic rings. The zero-order valence-electron chi connectivity index (χ0n) is 6.65. The highest BCUT2D eigenvalue weighted by Crippen LogP contribution is 2.53. The van der Waals surface area contributed by atoms with Crippen molar-refractivity contribution in [3.63, 3.8) is 0 Å². The van der Waals surface area contributed by atoms with Gasteiger partial charge in [0.25, 0.3) is 0 Å². The summed E-state index contributed by atoms with van der Waals surface area (Å²) in [5.74, 6) is -1.99. The highest BCUT2D eigenvalue weighted by atomic mass is 31.2. The van der Waals surface area contributed by atoms with E-state index in [1.54, 1.807) is 0 Å². The van der Waals surface area contributed by atoms with E-state index in [2.05, 4.69) is 9.05 Å². The lowest BCUT2D eigenvalue weighted by Gasteiger charge is -2.19. The molecule has 68 valence electrons. The van der Waals surface area contributed by atoms with Crippen molar-refractivity contribution in [3.05, 3.63) is 0 Å². The maximum atomic E-state index is 12.8. The molecule has 2 unspecified atom stereocenters. The van der Waals surface area contributed by atoms with E-state index in [9.17, 15) is 8.96 Å². The van der Waals surface area contributed by atoms with Crippen LogP contribution in [0.4, 0.5) is 4.39 Å². The standard InChI is InChI=1S/C5H12FO4P/c1-4(7)5(6)11(8,9-2)10-3/h4-5,7H,1-3H3. The second-order valence-electron chi connectivity index (χ2n) is 2.02. The van der Waals surface area contributed by atoms with E-state index in [1.807, 2.05) is 0 Å². The summed E-state index contributed by atoms with van der Waals surface area (Å²) in [6.07, 6.45) is -1.36. The lowest BCUT2D eigenvalue weighted by atomic mass is 10.5. The lowest BCUT2D eigenvalue weighted by Crippen LogP contribution is -2.19. The normalized spacial score (nSPS) is 17.9. The summed E-state index contributed by atoms with van der Waals surface area (Å²) >= 11 is 0. The summed E-state index contributed by atoms with van der Waals surface area (Å²) in [4.78, 5) is 0. The van der Waals surface area contributed by atoms with Crippen molar-refractivity contribution < 1.29 is 23.1 Å². The van der Waals surface area contributed by atoms with Crippen LogP contribution in [0.1, 0.15) is 6.92 Å². The first kappa shape index (κ1) is 11.0. The predicted molar refractivity (Wildman–Crippen MR) is 38.2 cm³/mol. The average Bonchev–Trinajstić information content (AvgIpc) is 2.01. The Morgan fingerprint density at radius 3 is 1.91 bits per heavy atom. The van der Waals surface area contributed by atoms with Crippen LogP contribution in [0, 0.1) is 0 Å². The van der Waals surface area contributed by atoms with Crippen molar-refractivity contribution in [3.8, 4) is 0 Å². The molecule has 0 heterocycles. The first-order chi connectivity index (χ1) is 4.98. The van der Waals surface area contributed by atoms with Gasteiger partial charge in [0.15, 0.2) is 0 Å². The van der Waals surface area contributed by atoms with Gasteiger partial charge in [0.1, 0.15) is 0 Å². The number of aliphatic hydroxyl groups is 1. The Morgan fingerprint density at radius 1 is 1.45 bits per heavy atom. The quantitative estimate of drug-likeness (QED) is 0.669. The second-order valence-corrected chi connectivity index (χ2v) is 4.32. The Labute approximate surface area is 64.8 Å². The van der Waals surface area contributed by atoms with E-state index >= 15 is 0 Å². The molecule has 0 aromatic heterocycles. The van der Waals surface area contributed by atoms with Crippen LogP contribution in [0.15, 0.2) is 0 Å². The average molecular weight is 186 g/mol. The van der Waals surface area contributed by atoms with Crippen molar-refractivity contribution in [1.29, 1.82) is 0 Å². The number of halogens is 1. The Bertz CT molecular complexity index is 153. The molecule has 1 N–H and O–H groups in total. The van der Waals surface area contributed by atoms with Crippen molar-refractivity contribution in [1.82, 2.24) is 0 Å². The first-order valence-electron chi connectivity index (χ1n) is 3.01. The molecule has 0 amide bonds. The van der Waals surface area contributed by atoms with Crippen LogP contribution in [-0.4, -0.2) is 31.3 Å². The minimum Gasteiger partial charge on any atom is -0.390 e. The maximum Gasteiger partial charge on any atom is 0.366 e. The molecule has 0 aliphatic heterocycles. The zero-order chi connectivity index (χ0) is 9.07. The molecular formula is C5H12FO4P. The van der Waals surface area contributed by atoms with Crippen LogP contribution in [0.25, 0.3) is 0 Å². The van der Waals surface area contributed by atoms with E-state index in [0.717, 1.165) is 14.2 Å². The minimum absolute atomic E-state index is 1.07. The summed E-state index contributed by atoms with van der Waals surface area (Å²) in [7, 11) is -1.61. The van der Waals surface area contributed by atoms with E-state index in [4.69, 9.17) is 5.11 Å². The molecule has 0 radical (unpaired) electrons. The molecule has 4 nitrogen and oxygen atoms in total. The molecule has 2 atom stereocenters. The van der Waals surface area contributed by atoms with E-state index in [1.165, 1.54) is 6.92 Å². The predicted octanol–water partition coefficient (Wildman–Crippen LogP) is 1.15. The van der Waals surface area contributed by atoms with Crippen molar-refractivity contribution >= 4 is 7.60 Å². The third kappa shape index (κ3) is 2.52. The molecular weight excluding hydrogens is 174 g/mol. The number of aliphatic hydroxyl groups excluding tert-OH is 1. The summed E-state index contributed by atoms with van der Waals surface area (Å²) in [6, 6.07) is 0. The van der Waals surface area contributed by atoms with Gasteiger partial charge in [-0.2, -0.15) is 0 Å². The lowest BCUT2D eigenvalue weighted by molar-refractivity contribution is 0.109. The largest absolute Gasteiger partial charge is 0.390 e. The summed E-state index contributed by atoms with van der Waals surface area (Å²) in [5, 5.41) is 8.71. The Kier molecular flexibility index (Phi) is 4.18. The highest BCUT2D eigenvalue weighted by molar-refractivity contribution is 7.54. The molecule has 6 heteroatoms. The smallest absolute Gasteiger partial charge is 0.366 e. The zero-order valence-corrected chi connectivity index (χ0v) is 7.55. The van der Waals surface area contributed by atoms with Crippen LogP contribution < -0.4 is 0 Å². The molecule has 0 saturated heterocycles. The topological polar surface area (TPSA) is 55.8 Å². The van der Waals surface area contributed by atoms with Crippen LogP contribution in [0.3, 0.4) is 0 Å². The number of hydrogen-bond donors (Lipinski definition) is 1. The van der Waals surface area contributed by atoms with Gasteiger partial charge in [0, 0.05) is 14.2 Å². The molecule has 0 fully saturated rings. The monoisotopic (exact) mass is 186 g/mol. The fraction of sp³-hybridized carbons (Fsp3) is 1.00. The molecule has 0 saturated carbocycles. The van der Waals surface area contributed by atoms with Crippen LogP contribution >= 0.6 is 7.60 Å².